The molecule has 2 nitrogen and oxygen atoms in total. The highest BCUT2D eigenvalue weighted by atomic mass is 16.7. The Bertz CT molecular complexity index is 229. The van der Waals surface area contributed by atoms with E-state index >= 15 is 0 Å². The van der Waals surface area contributed by atoms with Gasteiger partial charge in [-0.1, -0.05) is 41.5 Å². The van der Waals surface area contributed by atoms with Crippen molar-refractivity contribution in [2.45, 2.75) is 67.1 Å². The van der Waals surface area contributed by atoms with Crippen LogP contribution in [0.4, 0.5) is 0 Å². The average molecular weight is 256 g/mol. The summed E-state index contributed by atoms with van der Waals surface area (Å²) in [6.07, 6.45) is 3.34. The number of hydrogen-bond donors (Lipinski definition) is 0. The third-order valence-corrected chi connectivity index (χ3v) is 4.78. The molecule has 0 aromatic carbocycles. The highest BCUT2D eigenvalue weighted by Gasteiger charge is 2.46. The first-order valence-corrected chi connectivity index (χ1v) is 7.67. The molecule has 0 aromatic rings. The van der Waals surface area contributed by atoms with E-state index in [1.54, 1.807) is 0 Å². The maximum absolute atomic E-state index is 5.97. The zero-order valence-electron chi connectivity index (χ0n) is 13.2. The Labute approximate surface area is 113 Å². The number of rotatable bonds is 7. The van der Waals surface area contributed by atoms with Gasteiger partial charge in [-0.05, 0) is 36.5 Å². The first-order valence-electron chi connectivity index (χ1n) is 7.67. The molecule has 0 heterocycles. The predicted molar refractivity (Wildman–Crippen MR) is 76.5 cm³/mol. The summed E-state index contributed by atoms with van der Waals surface area (Å²) >= 11 is 0. The van der Waals surface area contributed by atoms with Crippen LogP contribution >= 0.6 is 0 Å². The quantitative estimate of drug-likeness (QED) is 0.625. The Morgan fingerprint density at radius 1 is 1.06 bits per heavy atom. The fourth-order valence-electron chi connectivity index (χ4n) is 3.17. The second-order valence-electron chi connectivity index (χ2n) is 6.61. The van der Waals surface area contributed by atoms with Crippen LogP contribution in [0.1, 0.15) is 60.8 Å². The maximum Gasteiger partial charge on any atom is 0.160 e. The van der Waals surface area contributed by atoms with Gasteiger partial charge in [-0.3, -0.25) is 0 Å². The third kappa shape index (κ3) is 3.71. The van der Waals surface area contributed by atoms with Crippen LogP contribution in [-0.2, 0) is 9.47 Å². The van der Waals surface area contributed by atoms with Crippen molar-refractivity contribution in [3.05, 3.63) is 0 Å². The molecule has 3 unspecified atom stereocenters. The lowest BCUT2D eigenvalue weighted by molar-refractivity contribution is -0.179. The molecular weight excluding hydrogens is 224 g/mol. The van der Waals surface area contributed by atoms with E-state index in [4.69, 9.17) is 9.47 Å². The highest BCUT2D eigenvalue weighted by Crippen LogP contribution is 2.51. The summed E-state index contributed by atoms with van der Waals surface area (Å²) in [6.45, 7) is 15.4. The van der Waals surface area contributed by atoms with E-state index in [1.165, 1.54) is 6.42 Å². The van der Waals surface area contributed by atoms with Gasteiger partial charge in [-0.25, -0.2) is 0 Å². The molecule has 0 amide bonds. The van der Waals surface area contributed by atoms with Crippen LogP contribution in [0.15, 0.2) is 0 Å². The van der Waals surface area contributed by atoms with E-state index < -0.39 is 0 Å². The zero-order chi connectivity index (χ0) is 13.8. The maximum atomic E-state index is 5.97. The van der Waals surface area contributed by atoms with Crippen LogP contribution in [0.5, 0.6) is 0 Å². The van der Waals surface area contributed by atoms with Gasteiger partial charge in [0.25, 0.3) is 0 Å². The number of hydrogen-bond acceptors (Lipinski definition) is 2. The van der Waals surface area contributed by atoms with Crippen molar-refractivity contribution >= 4 is 0 Å². The second-order valence-corrected chi connectivity index (χ2v) is 6.61. The monoisotopic (exact) mass is 256 g/mol. The van der Waals surface area contributed by atoms with E-state index in [0.29, 0.717) is 17.3 Å². The van der Waals surface area contributed by atoms with E-state index in [2.05, 4.69) is 41.5 Å². The molecule has 0 aromatic heterocycles. The van der Waals surface area contributed by atoms with Gasteiger partial charge < -0.3 is 9.47 Å². The predicted octanol–water partition coefficient (Wildman–Crippen LogP) is 4.48. The van der Waals surface area contributed by atoms with Crippen LogP contribution in [0.2, 0.25) is 0 Å². The normalized spacial score (nSPS) is 31.2. The SMILES string of the molecule is CCCOC(OCCC)C1CC(C)(C)C(C)C1C. The summed E-state index contributed by atoms with van der Waals surface area (Å²) in [7, 11) is 0. The van der Waals surface area contributed by atoms with E-state index in [-0.39, 0.29) is 6.29 Å². The molecule has 1 rings (SSSR count). The topological polar surface area (TPSA) is 18.5 Å². The van der Waals surface area contributed by atoms with Crippen molar-refractivity contribution < 1.29 is 9.47 Å². The molecule has 2 heteroatoms. The van der Waals surface area contributed by atoms with Gasteiger partial charge in [0, 0.05) is 19.1 Å². The Morgan fingerprint density at radius 3 is 1.89 bits per heavy atom. The van der Waals surface area contributed by atoms with Crippen molar-refractivity contribution in [1.82, 2.24) is 0 Å². The summed E-state index contributed by atoms with van der Waals surface area (Å²) in [5.41, 5.74) is 0.410. The molecule has 0 bridgehead atoms. The Balaban J connectivity index is 2.66. The fourth-order valence-corrected chi connectivity index (χ4v) is 3.17. The van der Waals surface area contributed by atoms with E-state index in [1.807, 2.05) is 0 Å². The summed E-state index contributed by atoms with van der Waals surface area (Å²) < 4.78 is 11.9. The van der Waals surface area contributed by atoms with Gasteiger partial charge >= 0.3 is 0 Å². The van der Waals surface area contributed by atoms with E-state index in [9.17, 15) is 0 Å². The van der Waals surface area contributed by atoms with E-state index in [0.717, 1.165) is 32.0 Å². The Morgan fingerprint density at radius 2 is 1.56 bits per heavy atom. The third-order valence-electron chi connectivity index (χ3n) is 4.78. The Kier molecular flexibility index (Phi) is 6.13. The molecule has 0 radical (unpaired) electrons. The van der Waals surface area contributed by atoms with Crippen molar-refractivity contribution in [2.24, 2.45) is 23.2 Å². The molecule has 0 aliphatic heterocycles. The molecule has 0 spiro atoms. The molecule has 1 aliphatic rings. The molecule has 1 fully saturated rings. The average Bonchev–Trinajstić information content (AvgIpc) is 2.53. The molecular formula is C16H32O2. The van der Waals surface area contributed by atoms with Crippen LogP contribution in [0, 0.1) is 23.2 Å². The first kappa shape index (κ1) is 16.0. The van der Waals surface area contributed by atoms with Crippen molar-refractivity contribution in [3.63, 3.8) is 0 Å². The summed E-state index contributed by atoms with van der Waals surface area (Å²) in [5, 5.41) is 0. The minimum atomic E-state index is 0.00382. The lowest BCUT2D eigenvalue weighted by Crippen LogP contribution is -2.30. The highest BCUT2D eigenvalue weighted by molar-refractivity contribution is 4.93. The second kappa shape index (κ2) is 6.91. The molecule has 1 saturated carbocycles. The van der Waals surface area contributed by atoms with Crippen LogP contribution < -0.4 is 0 Å². The van der Waals surface area contributed by atoms with Gasteiger partial charge in [0.1, 0.15) is 0 Å². The lowest BCUT2D eigenvalue weighted by Gasteiger charge is -2.28. The van der Waals surface area contributed by atoms with Gasteiger partial charge in [-0.15, -0.1) is 0 Å². The molecule has 1 aliphatic carbocycles. The lowest BCUT2D eigenvalue weighted by atomic mass is 9.81. The van der Waals surface area contributed by atoms with Crippen LogP contribution in [0.3, 0.4) is 0 Å². The molecule has 3 atom stereocenters. The molecule has 18 heavy (non-hydrogen) atoms. The van der Waals surface area contributed by atoms with Crippen molar-refractivity contribution in [3.8, 4) is 0 Å². The minimum Gasteiger partial charge on any atom is -0.352 e. The Hall–Kier alpha value is -0.0800. The van der Waals surface area contributed by atoms with Gasteiger partial charge in [0.15, 0.2) is 6.29 Å². The van der Waals surface area contributed by atoms with Gasteiger partial charge in [-0.2, -0.15) is 0 Å². The zero-order valence-corrected chi connectivity index (χ0v) is 13.2. The standard InChI is InChI=1S/C16H32O2/c1-7-9-17-15(18-10-8-2)14-11-16(5,6)13(4)12(14)3/h12-15H,7-11H2,1-6H3. The van der Waals surface area contributed by atoms with Crippen LogP contribution in [0.25, 0.3) is 0 Å². The smallest absolute Gasteiger partial charge is 0.160 e. The molecule has 0 saturated heterocycles. The van der Waals surface area contributed by atoms with Gasteiger partial charge in [0.05, 0.1) is 0 Å². The fraction of sp³-hybridized carbons (Fsp3) is 1.00. The van der Waals surface area contributed by atoms with Crippen molar-refractivity contribution in [2.75, 3.05) is 13.2 Å². The molecule has 0 N–H and O–H groups in total. The molecule has 108 valence electrons. The summed E-state index contributed by atoms with van der Waals surface area (Å²) in [5.74, 6) is 1.97. The largest absolute Gasteiger partial charge is 0.352 e. The minimum absolute atomic E-state index is 0.00382. The van der Waals surface area contributed by atoms with Crippen molar-refractivity contribution in [1.29, 1.82) is 0 Å². The summed E-state index contributed by atoms with van der Waals surface area (Å²) in [6, 6.07) is 0. The first-order chi connectivity index (χ1) is 8.44. The van der Waals surface area contributed by atoms with Crippen LogP contribution in [-0.4, -0.2) is 19.5 Å². The number of ether oxygens (including phenoxy) is 2. The van der Waals surface area contributed by atoms with Gasteiger partial charge in [0.2, 0.25) is 0 Å². The summed E-state index contributed by atoms with van der Waals surface area (Å²) in [4.78, 5) is 0.